The number of rotatable bonds is 2. The Kier molecular flexibility index (Phi) is 3.75. The van der Waals surface area contributed by atoms with Gasteiger partial charge < -0.3 is 4.74 Å². The molecule has 0 radical (unpaired) electrons. The molecule has 0 saturated heterocycles. The average molecular weight is 341 g/mol. The Bertz CT molecular complexity index is 548. The van der Waals surface area contributed by atoms with Gasteiger partial charge >= 0.3 is 0 Å². The molecule has 1 heterocycles. The maximum absolute atomic E-state index is 11.9. The van der Waals surface area contributed by atoms with E-state index in [1.54, 1.807) is 0 Å². The number of carbonyl (C=O) groups excluding carboxylic acids is 1. The minimum Gasteiger partial charge on any atom is -0.485 e. The van der Waals surface area contributed by atoms with E-state index in [0.717, 1.165) is 27.9 Å². The summed E-state index contributed by atoms with van der Waals surface area (Å²) in [6.07, 6.45) is 0.839. The van der Waals surface area contributed by atoms with E-state index in [-0.39, 0.29) is 11.5 Å². The monoisotopic (exact) mass is 340 g/mol. The second-order valence-electron chi connectivity index (χ2n) is 6.77. The Morgan fingerprint density at radius 3 is 2.60 bits per heavy atom. The fourth-order valence-electron chi connectivity index (χ4n) is 2.03. The minimum absolute atomic E-state index is 0.0635. The molecule has 20 heavy (non-hydrogen) atoms. The SMILES string of the molecule is CC1(C)Cc2c(Br)ccc(NNC(=O)C(C)(C)C)c2O1. The number of hydrazine groups is 1. The molecule has 110 valence electrons. The van der Waals surface area contributed by atoms with Crippen molar-refractivity contribution in [1.82, 2.24) is 5.43 Å². The normalized spacial score (nSPS) is 16.3. The van der Waals surface area contributed by atoms with Crippen molar-refractivity contribution in [2.75, 3.05) is 5.43 Å². The number of halogens is 1. The van der Waals surface area contributed by atoms with Crippen LogP contribution in [-0.2, 0) is 11.2 Å². The lowest BCUT2D eigenvalue weighted by Crippen LogP contribution is -2.38. The van der Waals surface area contributed by atoms with Gasteiger partial charge in [0, 0.05) is 21.9 Å². The molecule has 1 aromatic carbocycles. The highest BCUT2D eigenvalue weighted by Crippen LogP contribution is 2.43. The Labute approximate surface area is 128 Å². The van der Waals surface area contributed by atoms with Gasteiger partial charge in [-0.25, -0.2) is 0 Å². The zero-order chi connectivity index (χ0) is 15.1. The molecule has 5 heteroatoms. The first-order valence-corrected chi connectivity index (χ1v) is 7.46. The predicted octanol–water partition coefficient (Wildman–Crippen LogP) is 3.65. The largest absolute Gasteiger partial charge is 0.485 e. The van der Waals surface area contributed by atoms with Gasteiger partial charge in [-0.2, -0.15) is 0 Å². The summed E-state index contributed by atoms with van der Waals surface area (Å²) in [6.45, 7) is 9.72. The Morgan fingerprint density at radius 2 is 2.00 bits per heavy atom. The molecule has 1 aliphatic rings. The zero-order valence-electron chi connectivity index (χ0n) is 12.6. The Hall–Kier alpha value is -1.23. The van der Waals surface area contributed by atoms with Crippen LogP contribution >= 0.6 is 15.9 Å². The van der Waals surface area contributed by atoms with Crippen LogP contribution in [0.4, 0.5) is 5.69 Å². The molecule has 4 nitrogen and oxygen atoms in total. The molecule has 0 atom stereocenters. The zero-order valence-corrected chi connectivity index (χ0v) is 14.1. The molecule has 0 unspecified atom stereocenters. The van der Waals surface area contributed by atoms with Crippen molar-refractivity contribution in [2.24, 2.45) is 5.41 Å². The molecule has 0 spiro atoms. The van der Waals surface area contributed by atoms with Crippen LogP contribution in [0.2, 0.25) is 0 Å². The summed E-state index contributed by atoms with van der Waals surface area (Å²) in [5.74, 6) is 0.741. The number of ether oxygens (including phenoxy) is 1. The molecule has 0 saturated carbocycles. The lowest BCUT2D eigenvalue weighted by molar-refractivity contribution is -0.127. The van der Waals surface area contributed by atoms with Crippen molar-refractivity contribution in [3.05, 3.63) is 22.2 Å². The van der Waals surface area contributed by atoms with Crippen LogP contribution in [0, 0.1) is 5.41 Å². The molecule has 2 N–H and O–H groups in total. The van der Waals surface area contributed by atoms with Gasteiger partial charge in [-0.1, -0.05) is 36.7 Å². The second-order valence-corrected chi connectivity index (χ2v) is 7.62. The van der Waals surface area contributed by atoms with Gasteiger partial charge in [0.05, 0.1) is 5.69 Å². The van der Waals surface area contributed by atoms with Gasteiger partial charge in [-0.3, -0.25) is 15.6 Å². The van der Waals surface area contributed by atoms with Gasteiger partial charge in [0.1, 0.15) is 11.4 Å². The van der Waals surface area contributed by atoms with Crippen LogP contribution in [0.15, 0.2) is 16.6 Å². The maximum Gasteiger partial charge on any atom is 0.243 e. The smallest absolute Gasteiger partial charge is 0.243 e. The van der Waals surface area contributed by atoms with Gasteiger partial charge in [0.15, 0.2) is 0 Å². The number of hydrogen-bond acceptors (Lipinski definition) is 3. The average Bonchev–Trinajstić information content (AvgIpc) is 2.63. The standard InChI is InChI=1S/C15H21BrN2O2/c1-14(2,3)13(19)18-17-11-7-6-10(16)9-8-15(4,5)20-12(9)11/h6-7,17H,8H2,1-5H3,(H,18,19). The molecular weight excluding hydrogens is 320 g/mol. The second kappa shape index (κ2) is 4.95. The molecule has 1 amide bonds. The molecule has 0 bridgehead atoms. The van der Waals surface area contributed by atoms with Crippen LogP contribution in [0.3, 0.4) is 0 Å². The van der Waals surface area contributed by atoms with Crippen molar-refractivity contribution in [2.45, 2.75) is 46.6 Å². The first-order valence-electron chi connectivity index (χ1n) is 6.67. The van der Waals surface area contributed by atoms with Gasteiger partial charge in [0.25, 0.3) is 0 Å². The molecule has 0 fully saturated rings. The molecule has 2 rings (SSSR count). The van der Waals surface area contributed by atoms with E-state index in [9.17, 15) is 4.79 Å². The van der Waals surface area contributed by atoms with Crippen LogP contribution in [0.1, 0.15) is 40.2 Å². The number of benzene rings is 1. The highest BCUT2D eigenvalue weighted by atomic mass is 79.9. The molecule has 0 aromatic heterocycles. The fourth-order valence-corrected chi connectivity index (χ4v) is 2.49. The number of anilines is 1. The summed E-state index contributed by atoms with van der Waals surface area (Å²) in [5.41, 5.74) is 6.95. The van der Waals surface area contributed by atoms with E-state index >= 15 is 0 Å². The van der Waals surface area contributed by atoms with Crippen molar-refractivity contribution < 1.29 is 9.53 Å². The number of nitrogens with one attached hydrogen (secondary N) is 2. The van der Waals surface area contributed by atoms with E-state index in [1.807, 2.05) is 32.9 Å². The quantitative estimate of drug-likeness (QED) is 0.808. The van der Waals surface area contributed by atoms with Crippen molar-refractivity contribution >= 4 is 27.5 Å². The topological polar surface area (TPSA) is 50.4 Å². The summed E-state index contributed by atoms with van der Waals surface area (Å²) >= 11 is 3.55. The molecule has 0 aliphatic carbocycles. The third-order valence-electron chi connectivity index (χ3n) is 3.18. The van der Waals surface area contributed by atoms with Gasteiger partial charge in [-0.15, -0.1) is 0 Å². The molecular formula is C15H21BrN2O2. The van der Waals surface area contributed by atoms with E-state index in [2.05, 4.69) is 40.6 Å². The number of hydrogen-bond donors (Lipinski definition) is 2. The van der Waals surface area contributed by atoms with Gasteiger partial charge in [0.2, 0.25) is 5.91 Å². The first kappa shape index (κ1) is 15.2. The lowest BCUT2D eigenvalue weighted by atomic mass is 9.96. The summed E-state index contributed by atoms with van der Waals surface area (Å²) in [4.78, 5) is 11.9. The van der Waals surface area contributed by atoms with Gasteiger partial charge in [-0.05, 0) is 26.0 Å². The summed E-state index contributed by atoms with van der Waals surface area (Å²) in [7, 11) is 0. The highest BCUT2D eigenvalue weighted by molar-refractivity contribution is 9.10. The summed E-state index contributed by atoms with van der Waals surface area (Å²) in [6, 6.07) is 3.86. The van der Waals surface area contributed by atoms with Crippen molar-refractivity contribution in [1.29, 1.82) is 0 Å². The van der Waals surface area contributed by atoms with Crippen LogP contribution in [0.5, 0.6) is 5.75 Å². The van der Waals surface area contributed by atoms with Crippen LogP contribution < -0.4 is 15.6 Å². The van der Waals surface area contributed by atoms with Crippen LogP contribution in [0.25, 0.3) is 0 Å². The van der Waals surface area contributed by atoms with Crippen LogP contribution in [-0.4, -0.2) is 11.5 Å². The Morgan fingerprint density at radius 1 is 1.35 bits per heavy atom. The highest BCUT2D eigenvalue weighted by Gasteiger charge is 2.33. The number of carbonyl (C=O) groups is 1. The predicted molar refractivity (Wildman–Crippen MR) is 83.8 cm³/mol. The maximum atomic E-state index is 11.9. The third-order valence-corrected chi connectivity index (χ3v) is 3.92. The van der Waals surface area contributed by atoms with E-state index < -0.39 is 5.41 Å². The minimum atomic E-state index is -0.439. The summed E-state index contributed by atoms with van der Waals surface area (Å²) in [5, 5.41) is 0. The molecule has 1 aromatic rings. The number of amides is 1. The Balaban J connectivity index is 2.20. The van der Waals surface area contributed by atoms with Crippen molar-refractivity contribution in [3.8, 4) is 5.75 Å². The van der Waals surface area contributed by atoms with Crippen molar-refractivity contribution in [3.63, 3.8) is 0 Å². The first-order chi connectivity index (χ1) is 9.10. The fraction of sp³-hybridized carbons (Fsp3) is 0.533. The molecule has 1 aliphatic heterocycles. The summed E-state index contributed by atoms with van der Waals surface area (Å²) < 4.78 is 7.01. The van der Waals surface area contributed by atoms with E-state index in [1.165, 1.54) is 0 Å². The lowest BCUT2D eigenvalue weighted by Gasteiger charge is -2.21. The third kappa shape index (κ3) is 3.08. The van der Waals surface area contributed by atoms with E-state index in [4.69, 9.17) is 4.74 Å². The van der Waals surface area contributed by atoms with E-state index in [0.29, 0.717) is 0 Å². The number of fused-ring (bicyclic) bond motifs is 1.